The SMILES string of the molecule is COC(=O)C(CC1CC1)[C@@H]1c2ccccc2C[C@H]1N. The molecule has 0 heterocycles. The van der Waals surface area contributed by atoms with E-state index in [4.69, 9.17) is 10.5 Å². The summed E-state index contributed by atoms with van der Waals surface area (Å²) in [5.74, 6) is 0.661. The molecular weight excluding hydrogens is 238 g/mol. The average molecular weight is 259 g/mol. The molecule has 0 spiro atoms. The highest BCUT2D eigenvalue weighted by Gasteiger charge is 2.42. The number of carbonyl (C=O) groups excluding carboxylic acids is 1. The third-order valence-electron chi connectivity index (χ3n) is 4.55. The van der Waals surface area contributed by atoms with E-state index in [9.17, 15) is 4.79 Å². The maximum atomic E-state index is 12.1. The third-order valence-corrected chi connectivity index (χ3v) is 4.55. The molecule has 1 aromatic carbocycles. The van der Waals surface area contributed by atoms with Crippen LogP contribution in [0.5, 0.6) is 0 Å². The topological polar surface area (TPSA) is 52.3 Å². The van der Waals surface area contributed by atoms with Crippen molar-refractivity contribution >= 4 is 5.97 Å². The zero-order valence-corrected chi connectivity index (χ0v) is 11.3. The van der Waals surface area contributed by atoms with Gasteiger partial charge in [0.2, 0.25) is 0 Å². The number of carbonyl (C=O) groups is 1. The van der Waals surface area contributed by atoms with E-state index >= 15 is 0 Å². The number of nitrogens with two attached hydrogens (primary N) is 1. The monoisotopic (exact) mass is 259 g/mol. The lowest BCUT2D eigenvalue weighted by atomic mass is 9.81. The van der Waals surface area contributed by atoms with Crippen molar-refractivity contribution in [3.63, 3.8) is 0 Å². The van der Waals surface area contributed by atoms with E-state index in [0.717, 1.165) is 12.8 Å². The molecule has 1 unspecified atom stereocenters. The molecule has 0 bridgehead atoms. The van der Waals surface area contributed by atoms with Gasteiger partial charge in [-0.25, -0.2) is 0 Å². The summed E-state index contributed by atoms with van der Waals surface area (Å²) in [5, 5.41) is 0. The number of benzene rings is 1. The predicted octanol–water partition coefficient (Wildman–Crippen LogP) is 2.24. The first-order valence-electron chi connectivity index (χ1n) is 7.12. The molecule has 0 amide bonds. The van der Waals surface area contributed by atoms with Gasteiger partial charge in [-0.1, -0.05) is 37.1 Å². The van der Waals surface area contributed by atoms with Gasteiger partial charge in [-0.3, -0.25) is 4.79 Å². The first-order chi connectivity index (χ1) is 9.20. The van der Waals surface area contributed by atoms with Crippen LogP contribution < -0.4 is 5.73 Å². The molecule has 3 atom stereocenters. The smallest absolute Gasteiger partial charge is 0.309 e. The summed E-state index contributed by atoms with van der Waals surface area (Å²) in [7, 11) is 1.48. The highest BCUT2D eigenvalue weighted by Crippen LogP contribution is 2.44. The fraction of sp³-hybridized carbons (Fsp3) is 0.562. The fourth-order valence-electron chi connectivity index (χ4n) is 3.43. The van der Waals surface area contributed by atoms with Gasteiger partial charge in [0.25, 0.3) is 0 Å². The summed E-state index contributed by atoms with van der Waals surface area (Å²) in [6.45, 7) is 0. The second kappa shape index (κ2) is 4.97. The molecule has 3 nitrogen and oxygen atoms in total. The lowest BCUT2D eigenvalue weighted by Crippen LogP contribution is -2.35. The Balaban J connectivity index is 1.90. The van der Waals surface area contributed by atoms with Gasteiger partial charge in [0.15, 0.2) is 0 Å². The van der Waals surface area contributed by atoms with E-state index in [0.29, 0.717) is 5.92 Å². The van der Waals surface area contributed by atoms with Gasteiger partial charge < -0.3 is 10.5 Å². The molecule has 0 saturated heterocycles. The number of fused-ring (bicyclic) bond motifs is 1. The van der Waals surface area contributed by atoms with Crippen molar-refractivity contribution in [2.75, 3.05) is 7.11 Å². The van der Waals surface area contributed by atoms with Gasteiger partial charge in [-0.05, 0) is 29.9 Å². The van der Waals surface area contributed by atoms with Crippen molar-refractivity contribution in [2.24, 2.45) is 17.6 Å². The number of hydrogen-bond donors (Lipinski definition) is 1. The van der Waals surface area contributed by atoms with Crippen LogP contribution >= 0.6 is 0 Å². The Labute approximate surface area is 114 Å². The van der Waals surface area contributed by atoms with Crippen molar-refractivity contribution in [2.45, 2.75) is 37.6 Å². The van der Waals surface area contributed by atoms with Crippen LogP contribution in [-0.4, -0.2) is 19.1 Å². The average Bonchev–Trinajstić information content (AvgIpc) is 3.17. The lowest BCUT2D eigenvalue weighted by molar-refractivity contribution is -0.146. The van der Waals surface area contributed by atoms with Crippen molar-refractivity contribution in [3.8, 4) is 0 Å². The van der Waals surface area contributed by atoms with Crippen LogP contribution in [0, 0.1) is 11.8 Å². The number of hydrogen-bond acceptors (Lipinski definition) is 3. The van der Waals surface area contributed by atoms with Crippen molar-refractivity contribution < 1.29 is 9.53 Å². The summed E-state index contributed by atoms with van der Waals surface area (Å²) >= 11 is 0. The summed E-state index contributed by atoms with van der Waals surface area (Å²) in [4.78, 5) is 12.1. The van der Waals surface area contributed by atoms with Gasteiger partial charge in [-0.15, -0.1) is 0 Å². The molecule has 102 valence electrons. The number of esters is 1. The van der Waals surface area contributed by atoms with Crippen LogP contribution in [-0.2, 0) is 16.0 Å². The Morgan fingerprint density at radius 1 is 1.42 bits per heavy atom. The van der Waals surface area contributed by atoms with Gasteiger partial charge >= 0.3 is 5.97 Å². The van der Waals surface area contributed by atoms with E-state index in [1.165, 1.54) is 31.1 Å². The summed E-state index contributed by atoms with van der Waals surface area (Å²) < 4.78 is 5.02. The highest BCUT2D eigenvalue weighted by molar-refractivity contribution is 5.74. The van der Waals surface area contributed by atoms with E-state index < -0.39 is 0 Å². The van der Waals surface area contributed by atoms with Crippen LogP contribution in [0.25, 0.3) is 0 Å². The van der Waals surface area contributed by atoms with E-state index in [1.807, 2.05) is 12.1 Å². The predicted molar refractivity (Wildman–Crippen MR) is 73.7 cm³/mol. The van der Waals surface area contributed by atoms with Crippen LogP contribution in [0.4, 0.5) is 0 Å². The molecule has 19 heavy (non-hydrogen) atoms. The van der Waals surface area contributed by atoms with Crippen molar-refractivity contribution in [1.29, 1.82) is 0 Å². The van der Waals surface area contributed by atoms with Gasteiger partial charge in [0, 0.05) is 12.0 Å². The molecular formula is C16H21NO2. The Morgan fingerprint density at radius 3 is 2.84 bits per heavy atom. The molecule has 1 fully saturated rings. The highest BCUT2D eigenvalue weighted by atomic mass is 16.5. The molecule has 0 radical (unpaired) electrons. The minimum absolute atomic E-state index is 0.0419. The van der Waals surface area contributed by atoms with E-state index in [-0.39, 0.29) is 23.8 Å². The first kappa shape index (κ1) is 12.7. The summed E-state index contributed by atoms with van der Waals surface area (Å²) in [6.07, 6.45) is 4.30. The largest absolute Gasteiger partial charge is 0.469 e. The number of ether oxygens (including phenoxy) is 1. The maximum Gasteiger partial charge on any atom is 0.309 e. The Kier molecular flexibility index (Phi) is 3.31. The quantitative estimate of drug-likeness (QED) is 0.844. The van der Waals surface area contributed by atoms with Crippen LogP contribution in [0.15, 0.2) is 24.3 Å². The summed E-state index contributed by atoms with van der Waals surface area (Å²) in [6, 6.07) is 8.37. The summed E-state index contributed by atoms with van der Waals surface area (Å²) in [5.41, 5.74) is 8.86. The molecule has 1 aromatic rings. The second-order valence-electron chi connectivity index (χ2n) is 5.90. The minimum Gasteiger partial charge on any atom is -0.469 e. The molecule has 3 rings (SSSR count). The first-order valence-corrected chi connectivity index (χ1v) is 7.12. The normalized spacial score (nSPS) is 26.8. The maximum absolute atomic E-state index is 12.1. The second-order valence-corrected chi connectivity index (χ2v) is 5.90. The lowest BCUT2D eigenvalue weighted by Gasteiger charge is -2.25. The molecule has 2 aliphatic rings. The van der Waals surface area contributed by atoms with Gasteiger partial charge in [-0.2, -0.15) is 0 Å². The van der Waals surface area contributed by atoms with Gasteiger partial charge in [0.05, 0.1) is 13.0 Å². The van der Waals surface area contributed by atoms with E-state index in [2.05, 4.69) is 12.1 Å². The zero-order chi connectivity index (χ0) is 13.4. The molecule has 1 saturated carbocycles. The molecule has 0 aliphatic heterocycles. The standard InChI is InChI=1S/C16H21NO2/c1-19-16(18)13(8-10-6-7-10)15-12-5-3-2-4-11(12)9-14(15)17/h2-5,10,13-15H,6-9,17H2,1H3/t13?,14-,15+/m1/s1. The Morgan fingerprint density at radius 2 is 2.16 bits per heavy atom. The van der Waals surface area contributed by atoms with Crippen molar-refractivity contribution in [3.05, 3.63) is 35.4 Å². The number of rotatable bonds is 4. The molecule has 3 heteroatoms. The molecule has 0 aromatic heterocycles. The minimum atomic E-state index is -0.0935. The fourth-order valence-corrected chi connectivity index (χ4v) is 3.43. The van der Waals surface area contributed by atoms with Crippen molar-refractivity contribution in [1.82, 2.24) is 0 Å². The third kappa shape index (κ3) is 2.39. The Bertz CT molecular complexity index is 481. The van der Waals surface area contributed by atoms with Crippen LogP contribution in [0.2, 0.25) is 0 Å². The van der Waals surface area contributed by atoms with Crippen LogP contribution in [0.3, 0.4) is 0 Å². The zero-order valence-electron chi connectivity index (χ0n) is 11.3. The van der Waals surface area contributed by atoms with Crippen LogP contribution in [0.1, 0.15) is 36.3 Å². The van der Waals surface area contributed by atoms with Gasteiger partial charge in [0.1, 0.15) is 0 Å². The van der Waals surface area contributed by atoms with E-state index in [1.54, 1.807) is 0 Å². The molecule has 2 N–H and O–H groups in total. The molecule has 2 aliphatic carbocycles. The number of methoxy groups -OCH3 is 1. The Hall–Kier alpha value is -1.35.